The lowest BCUT2D eigenvalue weighted by molar-refractivity contribution is -0.384. The quantitative estimate of drug-likeness (QED) is 0.466. The molecule has 2 N–H and O–H groups in total. The molecule has 6 heteroatoms. The number of nitro benzene ring substituents is 1. The van der Waals surface area contributed by atoms with Gasteiger partial charge >= 0.3 is 0 Å². The Balaban J connectivity index is 1.72. The van der Waals surface area contributed by atoms with Gasteiger partial charge in [0.2, 0.25) is 0 Å². The molecule has 1 saturated heterocycles. The number of nitro groups is 1. The Kier molecular flexibility index (Phi) is 6.25. The van der Waals surface area contributed by atoms with Gasteiger partial charge in [0.1, 0.15) is 5.69 Å². The molecule has 0 aromatic heterocycles. The van der Waals surface area contributed by atoms with E-state index in [4.69, 9.17) is 0 Å². The van der Waals surface area contributed by atoms with E-state index in [9.17, 15) is 10.1 Å². The monoisotopic (exact) mass is 402 g/mol. The molecule has 1 aliphatic rings. The normalized spacial score (nSPS) is 14.4. The lowest BCUT2D eigenvalue weighted by Gasteiger charge is -2.25. The molecule has 0 spiro atoms. The summed E-state index contributed by atoms with van der Waals surface area (Å²) < 4.78 is 0. The van der Waals surface area contributed by atoms with Gasteiger partial charge in [-0.15, -0.1) is 0 Å². The summed E-state index contributed by atoms with van der Waals surface area (Å²) in [4.78, 5) is 13.7. The van der Waals surface area contributed by atoms with Gasteiger partial charge in [0, 0.05) is 31.4 Å². The van der Waals surface area contributed by atoms with Crippen molar-refractivity contribution in [3.8, 4) is 0 Å². The van der Waals surface area contributed by atoms with Crippen LogP contribution in [-0.4, -0.2) is 31.1 Å². The topological polar surface area (TPSA) is 70.4 Å². The predicted octanol–water partition coefficient (Wildman–Crippen LogP) is 4.60. The van der Waals surface area contributed by atoms with E-state index < -0.39 is 0 Å². The Labute approximate surface area is 176 Å². The first-order chi connectivity index (χ1) is 14.7. The third-order valence-corrected chi connectivity index (χ3v) is 5.45. The average molecular weight is 402 g/mol. The van der Waals surface area contributed by atoms with Crippen LogP contribution in [0.15, 0.2) is 78.9 Å². The summed E-state index contributed by atoms with van der Waals surface area (Å²) in [6, 6.07) is 25.3. The summed E-state index contributed by atoms with van der Waals surface area (Å²) in [6.45, 7) is 3.73. The van der Waals surface area contributed by atoms with E-state index in [0.717, 1.165) is 49.4 Å². The number of nitrogens with zero attached hydrogens (tertiary/aromatic N) is 2. The van der Waals surface area contributed by atoms with Gasteiger partial charge in [0.15, 0.2) is 0 Å². The number of anilines is 2. The Morgan fingerprint density at radius 3 is 2.20 bits per heavy atom. The maximum Gasteiger partial charge on any atom is 0.292 e. The van der Waals surface area contributed by atoms with Crippen molar-refractivity contribution in [2.24, 2.45) is 0 Å². The highest BCUT2D eigenvalue weighted by atomic mass is 16.6. The smallest absolute Gasteiger partial charge is 0.292 e. The highest BCUT2D eigenvalue weighted by Gasteiger charge is 2.22. The van der Waals surface area contributed by atoms with Gasteiger partial charge in [-0.2, -0.15) is 0 Å². The van der Waals surface area contributed by atoms with Crippen molar-refractivity contribution in [3.05, 3.63) is 100 Å². The Morgan fingerprint density at radius 2 is 1.57 bits per heavy atom. The largest absolute Gasteiger partial charge is 0.370 e. The minimum absolute atomic E-state index is 0.0866. The standard InChI is InChI=1S/C24H26N4O2/c29-28(30)23-13-12-21(27-16-7-14-25-15-17-27)18-22(23)26-24(19-8-3-1-4-9-19)20-10-5-2-6-11-20/h1-6,8-13,18,24-26H,7,14-17H2. The zero-order valence-corrected chi connectivity index (χ0v) is 16.8. The van der Waals surface area contributed by atoms with Gasteiger partial charge in [-0.25, -0.2) is 0 Å². The molecule has 3 aromatic rings. The van der Waals surface area contributed by atoms with Gasteiger partial charge in [-0.05, 0) is 36.2 Å². The molecular formula is C24H26N4O2. The third-order valence-electron chi connectivity index (χ3n) is 5.45. The molecule has 0 aliphatic carbocycles. The highest BCUT2D eigenvalue weighted by Crippen LogP contribution is 2.34. The van der Waals surface area contributed by atoms with Crippen molar-refractivity contribution >= 4 is 17.1 Å². The van der Waals surface area contributed by atoms with Crippen molar-refractivity contribution in [3.63, 3.8) is 0 Å². The van der Waals surface area contributed by atoms with E-state index in [0.29, 0.717) is 5.69 Å². The number of hydrogen-bond donors (Lipinski definition) is 2. The summed E-state index contributed by atoms with van der Waals surface area (Å²) in [6.07, 6.45) is 1.05. The van der Waals surface area contributed by atoms with Crippen LogP contribution >= 0.6 is 0 Å². The molecule has 0 amide bonds. The van der Waals surface area contributed by atoms with Gasteiger partial charge in [0.05, 0.1) is 11.0 Å². The fourth-order valence-corrected chi connectivity index (χ4v) is 3.91. The van der Waals surface area contributed by atoms with Gasteiger partial charge in [0.25, 0.3) is 5.69 Å². The van der Waals surface area contributed by atoms with Crippen molar-refractivity contribution in [2.75, 3.05) is 36.4 Å². The molecule has 0 bridgehead atoms. The zero-order chi connectivity index (χ0) is 20.8. The van der Waals surface area contributed by atoms with E-state index in [1.165, 1.54) is 0 Å². The molecule has 1 fully saturated rings. The highest BCUT2D eigenvalue weighted by molar-refractivity contribution is 5.70. The summed E-state index contributed by atoms with van der Waals surface area (Å²) in [5, 5.41) is 18.6. The van der Waals surface area contributed by atoms with Crippen molar-refractivity contribution in [2.45, 2.75) is 12.5 Å². The maximum absolute atomic E-state index is 11.8. The van der Waals surface area contributed by atoms with E-state index >= 15 is 0 Å². The minimum atomic E-state index is -0.316. The Morgan fingerprint density at radius 1 is 0.900 bits per heavy atom. The first-order valence-corrected chi connectivity index (χ1v) is 10.3. The Bertz CT molecular complexity index is 932. The molecule has 4 rings (SSSR count). The van der Waals surface area contributed by atoms with Crippen LogP contribution in [0.4, 0.5) is 17.1 Å². The minimum Gasteiger partial charge on any atom is -0.370 e. The molecule has 30 heavy (non-hydrogen) atoms. The molecule has 1 heterocycles. The molecule has 0 unspecified atom stereocenters. The van der Waals surface area contributed by atoms with Gasteiger partial charge < -0.3 is 15.5 Å². The SMILES string of the molecule is O=[N+]([O-])c1ccc(N2CCCNCC2)cc1NC(c1ccccc1)c1ccccc1. The fourth-order valence-electron chi connectivity index (χ4n) is 3.91. The molecular weight excluding hydrogens is 376 g/mol. The van der Waals surface area contributed by atoms with Crippen LogP contribution in [0.1, 0.15) is 23.6 Å². The molecule has 0 atom stereocenters. The van der Waals surface area contributed by atoms with E-state index in [1.807, 2.05) is 72.8 Å². The number of benzene rings is 3. The van der Waals surface area contributed by atoms with Gasteiger partial charge in [-0.3, -0.25) is 10.1 Å². The molecule has 154 valence electrons. The molecule has 0 saturated carbocycles. The number of rotatable bonds is 6. The number of hydrogen-bond acceptors (Lipinski definition) is 5. The molecule has 1 aliphatic heterocycles. The van der Waals surface area contributed by atoms with Crippen molar-refractivity contribution in [1.29, 1.82) is 0 Å². The third kappa shape index (κ3) is 4.60. The van der Waals surface area contributed by atoms with Crippen LogP contribution in [0.2, 0.25) is 0 Å². The first-order valence-electron chi connectivity index (χ1n) is 10.3. The summed E-state index contributed by atoms with van der Waals surface area (Å²) >= 11 is 0. The lowest BCUT2D eigenvalue weighted by atomic mass is 9.98. The lowest BCUT2D eigenvalue weighted by Crippen LogP contribution is -2.27. The van der Waals surface area contributed by atoms with E-state index in [1.54, 1.807) is 6.07 Å². The van der Waals surface area contributed by atoms with Crippen LogP contribution in [0.3, 0.4) is 0 Å². The first kappa shape index (κ1) is 19.9. The van der Waals surface area contributed by atoms with Crippen LogP contribution < -0.4 is 15.5 Å². The summed E-state index contributed by atoms with van der Waals surface area (Å²) in [7, 11) is 0. The molecule has 6 nitrogen and oxygen atoms in total. The summed E-state index contributed by atoms with van der Waals surface area (Å²) in [5.74, 6) is 0. The molecule has 3 aromatic carbocycles. The average Bonchev–Trinajstić information content (AvgIpc) is 3.08. The second-order valence-corrected chi connectivity index (χ2v) is 7.45. The van der Waals surface area contributed by atoms with Crippen molar-refractivity contribution in [1.82, 2.24) is 5.32 Å². The predicted molar refractivity (Wildman–Crippen MR) is 121 cm³/mol. The van der Waals surface area contributed by atoms with Gasteiger partial charge in [-0.1, -0.05) is 60.7 Å². The van der Waals surface area contributed by atoms with Crippen molar-refractivity contribution < 1.29 is 4.92 Å². The molecule has 0 radical (unpaired) electrons. The van der Waals surface area contributed by atoms with E-state index in [2.05, 4.69) is 15.5 Å². The zero-order valence-electron chi connectivity index (χ0n) is 16.8. The number of nitrogens with one attached hydrogen (secondary N) is 2. The second kappa shape index (κ2) is 9.41. The summed E-state index contributed by atoms with van der Waals surface area (Å²) in [5.41, 5.74) is 3.74. The van der Waals surface area contributed by atoms with Crippen LogP contribution in [-0.2, 0) is 0 Å². The van der Waals surface area contributed by atoms with Crippen LogP contribution in [0.25, 0.3) is 0 Å². The maximum atomic E-state index is 11.8. The van der Waals surface area contributed by atoms with Crippen LogP contribution in [0, 0.1) is 10.1 Å². The van der Waals surface area contributed by atoms with E-state index in [-0.39, 0.29) is 16.7 Å². The fraction of sp³-hybridized carbons (Fsp3) is 0.250. The Hall–Kier alpha value is -3.38. The van der Waals surface area contributed by atoms with Crippen LogP contribution in [0.5, 0.6) is 0 Å². The second-order valence-electron chi connectivity index (χ2n) is 7.45.